The van der Waals surface area contributed by atoms with E-state index in [9.17, 15) is 4.79 Å². The highest BCUT2D eigenvalue weighted by molar-refractivity contribution is 5.91. The van der Waals surface area contributed by atoms with Crippen molar-refractivity contribution in [1.82, 2.24) is 10.3 Å². The molecule has 0 bridgehead atoms. The van der Waals surface area contributed by atoms with Gasteiger partial charge in [0.2, 0.25) is 5.91 Å². The van der Waals surface area contributed by atoms with Gasteiger partial charge in [-0.3, -0.25) is 9.78 Å². The second-order valence-corrected chi connectivity index (χ2v) is 9.43. The summed E-state index contributed by atoms with van der Waals surface area (Å²) in [5.74, 6) is 1.61. The summed E-state index contributed by atoms with van der Waals surface area (Å²) in [6, 6.07) is 30.2. The molecular weight excluding hydrogens is 516 g/mol. The highest BCUT2D eigenvalue weighted by Crippen LogP contribution is 2.38. The maximum Gasteiger partial charge on any atom is 0.232 e. The van der Waals surface area contributed by atoms with Crippen LogP contribution in [0.5, 0.6) is 23.0 Å². The van der Waals surface area contributed by atoms with Crippen molar-refractivity contribution in [1.29, 1.82) is 0 Å². The zero-order valence-corrected chi connectivity index (χ0v) is 23.5. The average Bonchev–Trinajstić information content (AvgIpc) is 3.03. The van der Waals surface area contributed by atoms with E-state index < -0.39 is 12.0 Å². The number of pyridine rings is 1. The molecule has 1 unspecified atom stereocenters. The quantitative estimate of drug-likeness (QED) is 0.220. The minimum atomic E-state index is -0.626. The van der Waals surface area contributed by atoms with Crippen LogP contribution in [0.25, 0.3) is 10.8 Å². The molecule has 0 aliphatic carbocycles. The number of nitrogens with one attached hydrogen (secondary N) is 1. The third-order valence-electron chi connectivity index (χ3n) is 7.13. The van der Waals surface area contributed by atoms with Crippen molar-refractivity contribution in [2.24, 2.45) is 0 Å². The van der Waals surface area contributed by atoms with Crippen LogP contribution in [0.15, 0.2) is 103 Å². The number of fused-ring (bicyclic) bond motifs is 1. The molecule has 4 aromatic carbocycles. The molecule has 0 radical (unpaired) electrons. The third-order valence-corrected chi connectivity index (χ3v) is 7.13. The van der Waals surface area contributed by atoms with Crippen molar-refractivity contribution in [2.45, 2.75) is 12.0 Å². The largest absolute Gasteiger partial charge is 0.493 e. The fourth-order valence-corrected chi connectivity index (χ4v) is 5.11. The van der Waals surface area contributed by atoms with Gasteiger partial charge in [0.25, 0.3) is 0 Å². The Labute approximate surface area is 239 Å². The number of carbonyl (C=O) groups is 1. The maximum atomic E-state index is 14.3. The number of amides is 1. The van der Waals surface area contributed by atoms with Crippen molar-refractivity contribution in [2.75, 3.05) is 28.4 Å². The van der Waals surface area contributed by atoms with E-state index in [0.29, 0.717) is 28.7 Å². The number of hydrogen-bond donors (Lipinski definition) is 1. The molecule has 7 nitrogen and oxygen atoms in total. The van der Waals surface area contributed by atoms with Gasteiger partial charge >= 0.3 is 0 Å². The first-order valence-corrected chi connectivity index (χ1v) is 13.2. The Kier molecular flexibility index (Phi) is 8.34. The number of ether oxygens (including phenoxy) is 4. The number of benzene rings is 4. The first-order valence-electron chi connectivity index (χ1n) is 13.2. The van der Waals surface area contributed by atoms with E-state index in [1.807, 2.05) is 97.1 Å². The first kappa shape index (κ1) is 27.5. The van der Waals surface area contributed by atoms with Crippen molar-refractivity contribution in [3.05, 3.63) is 126 Å². The minimum absolute atomic E-state index is 0.165. The molecule has 5 rings (SSSR count). The van der Waals surface area contributed by atoms with Crippen molar-refractivity contribution < 1.29 is 23.7 Å². The number of nitrogens with zero attached hydrogens (tertiary/aromatic N) is 1. The predicted octanol–water partition coefficient (Wildman–Crippen LogP) is 6.31. The van der Waals surface area contributed by atoms with Gasteiger partial charge in [-0.05, 0) is 52.4 Å². The molecule has 0 aliphatic heterocycles. The van der Waals surface area contributed by atoms with E-state index in [1.165, 1.54) is 0 Å². The monoisotopic (exact) mass is 548 g/mol. The molecule has 0 saturated heterocycles. The van der Waals surface area contributed by atoms with Gasteiger partial charge in [-0.2, -0.15) is 0 Å². The van der Waals surface area contributed by atoms with Gasteiger partial charge in [-0.1, -0.05) is 66.7 Å². The van der Waals surface area contributed by atoms with Gasteiger partial charge in [-0.15, -0.1) is 0 Å². The fraction of sp³-hybridized carbons (Fsp3) is 0.176. The van der Waals surface area contributed by atoms with E-state index in [0.717, 1.165) is 27.5 Å². The second kappa shape index (κ2) is 12.4. The molecule has 1 heterocycles. The van der Waals surface area contributed by atoms with Crippen molar-refractivity contribution >= 4 is 16.7 Å². The Morgan fingerprint density at radius 1 is 0.634 bits per heavy atom. The molecule has 0 saturated carbocycles. The second-order valence-electron chi connectivity index (χ2n) is 9.43. The normalized spacial score (nSPS) is 11.6. The lowest BCUT2D eigenvalue weighted by molar-refractivity contribution is -0.122. The van der Waals surface area contributed by atoms with Crippen LogP contribution in [0.1, 0.15) is 34.3 Å². The molecular formula is C34H32N2O5. The minimum Gasteiger partial charge on any atom is -0.493 e. The van der Waals surface area contributed by atoms with Crippen LogP contribution in [0.4, 0.5) is 0 Å². The molecule has 0 spiro atoms. The summed E-state index contributed by atoms with van der Waals surface area (Å²) in [6.45, 7) is 0. The molecule has 41 heavy (non-hydrogen) atoms. The molecule has 1 aromatic heterocycles. The molecule has 208 valence electrons. The van der Waals surface area contributed by atoms with Crippen LogP contribution in [-0.4, -0.2) is 39.3 Å². The molecule has 0 aliphatic rings. The number of carbonyl (C=O) groups excluding carboxylic acids is 1. The Morgan fingerprint density at radius 3 is 1.78 bits per heavy atom. The van der Waals surface area contributed by atoms with Gasteiger partial charge < -0.3 is 24.3 Å². The standard InChI is InChI=1S/C34H32N2O5/c1-38-27-16-15-25(20-28(27)39-2)32(33-26-21-30(41-4)29(40-3)19-24(26)17-18-35-33)36-34(37)31(22-11-7-5-8-12-22)23-13-9-6-10-14-23/h5-21,31-32H,1-4H3,(H,36,37). The lowest BCUT2D eigenvalue weighted by atomic mass is 9.89. The molecule has 0 fully saturated rings. The molecule has 7 heteroatoms. The number of hydrogen-bond acceptors (Lipinski definition) is 6. The van der Waals surface area contributed by atoms with Crippen LogP contribution in [0.2, 0.25) is 0 Å². The third kappa shape index (κ3) is 5.65. The summed E-state index contributed by atoms with van der Waals surface area (Å²) in [5, 5.41) is 5.04. The van der Waals surface area contributed by atoms with Crippen LogP contribution in [0.3, 0.4) is 0 Å². The maximum absolute atomic E-state index is 14.3. The van der Waals surface area contributed by atoms with Gasteiger partial charge in [0.1, 0.15) is 0 Å². The average molecular weight is 549 g/mol. The Morgan fingerprint density at radius 2 is 1.20 bits per heavy atom. The van der Waals surface area contributed by atoms with E-state index in [2.05, 4.69) is 5.32 Å². The zero-order chi connectivity index (χ0) is 28.8. The summed E-state index contributed by atoms with van der Waals surface area (Å²) in [4.78, 5) is 19.1. The molecule has 1 amide bonds. The van der Waals surface area contributed by atoms with E-state index in [1.54, 1.807) is 34.6 Å². The summed E-state index contributed by atoms with van der Waals surface area (Å²) in [6.07, 6.45) is 1.73. The van der Waals surface area contributed by atoms with Crippen LogP contribution >= 0.6 is 0 Å². The summed E-state index contributed by atoms with van der Waals surface area (Å²) >= 11 is 0. The highest BCUT2D eigenvalue weighted by atomic mass is 16.5. The smallest absolute Gasteiger partial charge is 0.232 e. The van der Waals surface area contributed by atoms with Crippen molar-refractivity contribution in [3.63, 3.8) is 0 Å². The Hall–Kier alpha value is -5.04. The number of aromatic nitrogens is 1. The first-order chi connectivity index (χ1) is 20.1. The summed E-state index contributed by atoms with van der Waals surface area (Å²) in [7, 11) is 6.37. The van der Waals surface area contributed by atoms with Crippen LogP contribution < -0.4 is 24.3 Å². The summed E-state index contributed by atoms with van der Waals surface area (Å²) in [5.41, 5.74) is 3.22. The topological polar surface area (TPSA) is 78.9 Å². The highest BCUT2D eigenvalue weighted by Gasteiger charge is 2.29. The lowest BCUT2D eigenvalue weighted by Gasteiger charge is -2.25. The zero-order valence-electron chi connectivity index (χ0n) is 23.5. The molecule has 1 atom stereocenters. The molecule has 1 N–H and O–H groups in total. The van der Waals surface area contributed by atoms with Gasteiger partial charge in [0.05, 0.1) is 46.1 Å². The van der Waals surface area contributed by atoms with E-state index >= 15 is 0 Å². The Balaban J connectivity index is 1.68. The number of rotatable bonds is 10. The molecule has 5 aromatic rings. The van der Waals surface area contributed by atoms with Crippen LogP contribution in [-0.2, 0) is 4.79 Å². The fourth-order valence-electron chi connectivity index (χ4n) is 5.11. The van der Waals surface area contributed by atoms with Crippen LogP contribution in [0, 0.1) is 0 Å². The van der Waals surface area contributed by atoms with E-state index in [4.69, 9.17) is 23.9 Å². The lowest BCUT2D eigenvalue weighted by Crippen LogP contribution is -2.34. The SMILES string of the molecule is COc1ccc(C(NC(=O)C(c2ccccc2)c2ccccc2)c2nccc3cc(OC)c(OC)cc23)cc1OC. The number of methoxy groups -OCH3 is 4. The van der Waals surface area contributed by atoms with Gasteiger partial charge in [0.15, 0.2) is 23.0 Å². The van der Waals surface area contributed by atoms with E-state index in [-0.39, 0.29) is 5.91 Å². The summed E-state index contributed by atoms with van der Waals surface area (Å²) < 4.78 is 22.2. The Bertz CT molecular complexity index is 1600. The van der Waals surface area contributed by atoms with Crippen molar-refractivity contribution in [3.8, 4) is 23.0 Å². The van der Waals surface area contributed by atoms with Gasteiger partial charge in [-0.25, -0.2) is 0 Å². The predicted molar refractivity (Wildman–Crippen MR) is 159 cm³/mol. The van der Waals surface area contributed by atoms with Gasteiger partial charge in [0, 0.05) is 11.6 Å².